The summed E-state index contributed by atoms with van der Waals surface area (Å²) in [5.74, 6) is 0.974. The minimum Gasteiger partial charge on any atom is -0.490 e. The van der Waals surface area contributed by atoms with Crippen LogP contribution in [0, 0.1) is 6.92 Å². The number of ether oxygens (including phenoxy) is 1. The van der Waals surface area contributed by atoms with Crippen LogP contribution in [0.15, 0.2) is 35.0 Å². The molecule has 2 aromatic rings. The van der Waals surface area contributed by atoms with E-state index in [9.17, 15) is 4.79 Å². The SMILES string of the molecule is Cc1ccc(N)cc1OC1CCN(C(=O)c2ccsc2)CC1. The minimum absolute atomic E-state index is 0.125. The maximum atomic E-state index is 12.3. The van der Waals surface area contributed by atoms with Gasteiger partial charge in [-0.2, -0.15) is 11.3 Å². The number of aryl methyl sites for hydroxylation is 1. The number of nitrogens with two attached hydrogens (primary N) is 1. The molecule has 5 heteroatoms. The van der Waals surface area contributed by atoms with Gasteiger partial charge >= 0.3 is 0 Å². The molecule has 1 aromatic heterocycles. The van der Waals surface area contributed by atoms with Crippen LogP contribution >= 0.6 is 11.3 Å². The molecule has 0 aliphatic carbocycles. The van der Waals surface area contributed by atoms with Gasteiger partial charge in [-0.25, -0.2) is 0 Å². The number of benzene rings is 1. The van der Waals surface area contributed by atoms with Gasteiger partial charge in [0, 0.05) is 43.1 Å². The van der Waals surface area contributed by atoms with Crippen LogP contribution in [-0.2, 0) is 0 Å². The van der Waals surface area contributed by atoms with Crippen molar-refractivity contribution in [3.63, 3.8) is 0 Å². The van der Waals surface area contributed by atoms with Gasteiger partial charge in [0.25, 0.3) is 5.91 Å². The highest BCUT2D eigenvalue weighted by atomic mass is 32.1. The number of thiophene rings is 1. The molecule has 0 atom stereocenters. The molecule has 1 fully saturated rings. The molecule has 1 saturated heterocycles. The Morgan fingerprint density at radius 3 is 2.77 bits per heavy atom. The highest BCUT2D eigenvalue weighted by Crippen LogP contribution is 2.25. The van der Waals surface area contributed by atoms with Crippen LogP contribution < -0.4 is 10.5 Å². The molecule has 1 aliphatic rings. The van der Waals surface area contributed by atoms with E-state index in [1.807, 2.05) is 46.8 Å². The number of amides is 1. The molecule has 1 aromatic carbocycles. The lowest BCUT2D eigenvalue weighted by molar-refractivity contribution is 0.0595. The second-order valence-electron chi connectivity index (χ2n) is 5.65. The molecule has 0 radical (unpaired) electrons. The van der Waals surface area contributed by atoms with Crippen molar-refractivity contribution in [1.82, 2.24) is 4.90 Å². The van der Waals surface area contributed by atoms with Crippen LogP contribution in [0.4, 0.5) is 5.69 Å². The van der Waals surface area contributed by atoms with Crippen molar-refractivity contribution < 1.29 is 9.53 Å². The molecule has 1 aliphatic heterocycles. The summed E-state index contributed by atoms with van der Waals surface area (Å²) in [6.45, 7) is 3.49. The fourth-order valence-electron chi connectivity index (χ4n) is 2.67. The zero-order valence-electron chi connectivity index (χ0n) is 12.6. The standard InChI is InChI=1S/C17H20N2O2S/c1-12-2-3-14(18)10-16(12)21-15-4-7-19(8-5-15)17(20)13-6-9-22-11-13/h2-3,6,9-11,15H,4-5,7-8,18H2,1H3. The average molecular weight is 316 g/mol. The topological polar surface area (TPSA) is 55.6 Å². The normalized spacial score (nSPS) is 15.8. The number of carbonyl (C=O) groups excluding carboxylic acids is 1. The van der Waals surface area contributed by atoms with E-state index in [1.54, 1.807) is 11.3 Å². The van der Waals surface area contributed by atoms with Gasteiger partial charge in [0.1, 0.15) is 11.9 Å². The quantitative estimate of drug-likeness (QED) is 0.884. The summed E-state index contributed by atoms with van der Waals surface area (Å²) in [4.78, 5) is 14.2. The van der Waals surface area contributed by atoms with Gasteiger partial charge in [0.05, 0.1) is 5.56 Å². The average Bonchev–Trinajstić information content (AvgIpc) is 3.05. The summed E-state index contributed by atoms with van der Waals surface area (Å²) in [6, 6.07) is 7.61. The number of rotatable bonds is 3. The Balaban J connectivity index is 1.58. The first-order valence-electron chi connectivity index (χ1n) is 7.48. The van der Waals surface area contributed by atoms with Crippen LogP contribution in [0.3, 0.4) is 0 Å². The van der Waals surface area contributed by atoms with Crippen molar-refractivity contribution in [3.05, 3.63) is 46.2 Å². The van der Waals surface area contributed by atoms with Crippen molar-refractivity contribution in [2.75, 3.05) is 18.8 Å². The first kappa shape index (κ1) is 14.9. The molecule has 22 heavy (non-hydrogen) atoms. The number of nitrogens with zero attached hydrogens (tertiary/aromatic N) is 1. The van der Waals surface area contributed by atoms with Gasteiger partial charge in [0.2, 0.25) is 0 Å². The smallest absolute Gasteiger partial charge is 0.254 e. The maximum Gasteiger partial charge on any atom is 0.254 e. The highest BCUT2D eigenvalue weighted by Gasteiger charge is 2.25. The lowest BCUT2D eigenvalue weighted by Crippen LogP contribution is -2.41. The lowest BCUT2D eigenvalue weighted by atomic mass is 10.1. The van der Waals surface area contributed by atoms with Crippen LogP contribution in [-0.4, -0.2) is 30.0 Å². The van der Waals surface area contributed by atoms with E-state index in [0.29, 0.717) is 5.69 Å². The fourth-order valence-corrected chi connectivity index (χ4v) is 3.30. The van der Waals surface area contributed by atoms with Crippen LogP contribution in [0.25, 0.3) is 0 Å². The molecule has 116 valence electrons. The summed E-state index contributed by atoms with van der Waals surface area (Å²) >= 11 is 1.55. The zero-order chi connectivity index (χ0) is 15.5. The van der Waals surface area contributed by atoms with Crippen LogP contribution in [0.5, 0.6) is 5.75 Å². The van der Waals surface area contributed by atoms with Gasteiger partial charge < -0.3 is 15.4 Å². The van der Waals surface area contributed by atoms with Gasteiger partial charge in [-0.3, -0.25) is 4.79 Å². The number of hydrogen-bond donors (Lipinski definition) is 1. The fraction of sp³-hybridized carbons (Fsp3) is 0.353. The second kappa shape index (κ2) is 6.40. The van der Waals surface area contributed by atoms with E-state index >= 15 is 0 Å². The van der Waals surface area contributed by atoms with Gasteiger partial charge in [0.15, 0.2) is 0 Å². The van der Waals surface area contributed by atoms with Crippen molar-refractivity contribution in [2.24, 2.45) is 0 Å². The van der Waals surface area contributed by atoms with Crippen LogP contribution in [0.1, 0.15) is 28.8 Å². The number of carbonyl (C=O) groups is 1. The Morgan fingerprint density at radius 1 is 1.32 bits per heavy atom. The Morgan fingerprint density at radius 2 is 2.09 bits per heavy atom. The number of likely N-dealkylation sites (tertiary alicyclic amines) is 1. The largest absolute Gasteiger partial charge is 0.490 e. The van der Waals surface area contributed by atoms with E-state index in [-0.39, 0.29) is 12.0 Å². The summed E-state index contributed by atoms with van der Waals surface area (Å²) in [5.41, 5.74) is 8.41. The van der Waals surface area contributed by atoms with Crippen molar-refractivity contribution in [1.29, 1.82) is 0 Å². The second-order valence-corrected chi connectivity index (χ2v) is 6.43. The number of piperidine rings is 1. The molecule has 2 heterocycles. The van der Waals surface area contributed by atoms with E-state index in [0.717, 1.165) is 42.8 Å². The predicted molar refractivity (Wildman–Crippen MR) is 89.5 cm³/mol. The molecular weight excluding hydrogens is 296 g/mol. The van der Waals surface area contributed by atoms with Gasteiger partial charge in [-0.15, -0.1) is 0 Å². The summed E-state index contributed by atoms with van der Waals surface area (Å²) in [6.07, 6.45) is 1.85. The van der Waals surface area contributed by atoms with Crippen molar-refractivity contribution in [2.45, 2.75) is 25.9 Å². The van der Waals surface area contributed by atoms with Gasteiger partial charge in [-0.1, -0.05) is 6.07 Å². The predicted octanol–water partition coefficient (Wildman–Crippen LogP) is 3.32. The maximum absolute atomic E-state index is 12.3. The van der Waals surface area contributed by atoms with Crippen molar-refractivity contribution >= 4 is 22.9 Å². The Hall–Kier alpha value is -2.01. The molecule has 2 N–H and O–H groups in total. The summed E-state index contributed by atoms with van der Waals surface area (Å²) < 4.78 is 6.07. The summed E-state index contributed by atoms with van der Waals surface area (Å²) in [5, 5.41) is 3.84. The molecule has 3 rings (SSSR count). The first-order chi connectivity index (χ1) is 10.6. The third kappa shape index (κ3) is 3.25. The molecule has 1 amide bonds. The number of nitrogen functional groups attached to an aromatic ring is 1. The Kier molecular flexibility index (Phi) is 4.34. The third-order valence-corrected chi connectivity index (χ3v) is 4.69. The zero-order valence-corrected chi connectivity index (χ0v) is 13.4. The molecule has 0 saturated carbocycles. The number of anilines is 1. The molecule has 0 spiro atoms. The third-order valence-electron chi connectivity index (χ3n) is 4.00. The Bertz CT molecular complexity index is 647. The molecule has 0 bridgehead atoms. The summed E-state index contributed by atoms with van der Waals surface area (Å²) in [7, 11) is 0. The van der Waals surface area contributed by atoms with E-state index < -0.39 is 0 Å². The minimum atomic E-state index is 0.125. The monoisotopic (exact) mass is 316 g/mol. The molecule has 4 nitrogen and oxygen atoms in total. The van der Waals surface area contributed by atoms with Gasteiger partial charge in [-0.05, 0) is 30.0 Å². The molecule has 0 unspecified atom stereocenters. The van der Waals surface area contributed by atoms with Crippen molar-refractivity contribution in [3.8, 4) is 5.75 Å². The number of hydrogen-bond acceptors (Lipinski definition) is 4. The Labute approximate surface area is 134 Å². The van der Waals surface area contributed by atoms with E-state index in [2.05, 4.69) is 0 Å². The first-order valence-corrected chi connectivity index (χ1v) is 8.42. The lowest BCUT2D eigenvalue weighted by Gasteiger charge is -2.32. The highest BCUT2D eigenvalue weighted by molar-refractivity contribution is 7.08. The molecular formula is C17H20N2O2S. The van der Waals surface area contributed by atoms with E-state index in [1.165, 1.54) is 0 Å². The van der Waals surface area contributed by atoms with E-state index in [4.69, 9.17) is 10.5 Å². The van der Waals surface area contributed by atoms with Crippen LogP contribution in [0.2, 0.25) is 0 Å².